The minimum absolute atomic E-state index is 0.295. The van der Waals surface area contributed by atoms with E-state index in [1.54, 1.807) is 13.8 Å². The van der Waals surface area contributed by atoms with Crippen LogP contribution in [0.4, 0.5) is 0 Å². The summed E-state index contributed by atoms with van der Waals surface area (Å²) in [6.07, 6.45) is 0. The topological polar surface area (TPSA) is 87.0 Å². The molecule has 3 heterocycles. The molecule has 3 aromatic heterocycles. The molecule has 0 saturated heterocycles. The van der Waals surface area contributed by atoms with Gasteiger partial charge in [-0.2, -0.15) is 4.68 Å². The van der Waals surface area contributed by atoms with Crippen LogP contribution in [-0.2, 0) is 0 Å². The van der Waals surface area contributed by atoms with E-state index in [0.29, 0.717) is 17.7 Å². The van der Waals surface area contributed by atoms with Crippen LogP contribution in [-0.4, -0.2) is 20.0 Å². The fraction of sp³-hybridized carbons (Fsp3) is 0.273. The smallest absolute Gasteiger partial charge is 0.423 e. The van der Waals surface area contributed by atoms with Gasteiger partial charge in [-0.1, -0.05) is 6.07 Å². The van der Waals surface area contributed by atoms with Crippen LogP contribution in [0.5, 0.6) is 0 Å². The number of hydrogen-bond acceptors (Lipinski definition) is 7. The van der Waals surface area contributed by atoms with E-state index in [0.717, 1.165) is 4.88 Å². The molecule has 0 radical (unpaired) electrons. The molecule has 0 aliphatic carbocycles. The molecule has 0 unspecified atom stereocenters. The number of rotatable bonds is 3. The lowest BCUT2D eigenvalue weighted by Crippen LogP contribution is -2.21. The van der Waals surface area contributed by atoms with Crippen molar-refractivity contribution in [1.29, 1.82) is 0 Å². The largest absolute Gasteiger partial charge is 0.438 e. The van der Waals surface area contributed by atoms with Gasteiger partial charge in [0.15, 0.2) is 0 Å². The number of aromatic nitrogens is 4. The summed E-state index contributed by atoms with van der Waals surface area (Å²) in [7, 11) is 0. The highest BCUT2D eigenvalue weighted by Crippen LogP contribution is 2.22. The fourth-order valence-electron chi connectivity index (χ4n) is 1.62. The molecule has 8 heteroatoms. The Labute approximate surface area is 111 Å². The van der Waals surface area contributed by atoms with Crippen LogP contribution in [0.3, 0.4) is 0 Å². The van der Waals surface area contributed by atoms with Gasteiger partial charge in [-0.3, -0.25) is 0 Å². The van der Waals surface area contributed by atoms with Gasteiger partial charge in [-0.05, 0) is 18.4 Å². The molecule has 0 bridgehead atoms. The monoisotopic (exact) mass is 278 g/mol. The van der Waals surface area contributed by atoms with Gasteiger partial charge in [-0.25, -0.2) is 4.79 Å². The second kappa shape index (κ2) is 4.47. The van der Waals surface area contributed by atoms with Crippen molar-refractivity contribution in [3.8, 4) is 10.8 Å². The average molecular weight is 278 g/mol. The minimum atomic E-state index is -0.549. The Bertz CT molecular complexity index is 740. The van der Waals surface area contributed by atoms with Crippen LogP contribution in [0.15, 0.2) is 31.1 Å². The average Bonchev–Trinajstić information content (AvgIpc) is 3.07. The van der Waals surface area contributed by atoms with Gasteiger partial charge in [-0.15, -0.1) is 26.6 Å². The highest BCUT2D eigenvalue weighted by atomic mass is 32.1. The zero-order chi connectivity index (χ0) is 13.4. The molecule has 0 aliphatic rings. The molecule has 0 spiro atoms. The van der Waals surface area contributed by atoms with Crippen molar-refractivity contribution in [2.45, 2.75) is 19.9 Å². The summed E-state index contributed by atoms with van der Waals surface area (Å²) in [4.78, 5) is 12.6. The van der Waals surface area contributed by atoms with E-state index >= 15 is 0 Å². The maximum absolute atomic E-state index is 11.8. The van der Waals surface area contributed by atoms with Crippen LogP contribution < -0.4 is 5.76 Å². The Morgan fingerprint density at radius 2 is 2.21 bits per heavy atom. The molecule has 0 fully saturated rings. The Morgan fingerprint density at radius 3 is 2.84 bits per heavy atom. The van der Waals surface area contributed by atoms with E-state index in [9.17, 15) is 4.79 Å². The van der Waals surface area contributed by atoms with Crippen molar-refractivity contribution in [3.05, 3.63) is 39.8 Å². The quantitative estimate of drug-likeness (QED) is 0.726. The van der Waals surface area contributed by atoms with E-state index < -0.39 is 11.8 Å². The van der Waals surface area contributed by atoms with Gasteiger partial charge in [0.1, 0.15) is 6.04 Å². The molecule has 19 heavy (non-hydrogen) atoms. The predicted molar refractivity (Wildman–Crippen MR) is 66.9 cm³/mol. The molecule has 7 nitrogen and oxygen atoms in total. The molecular formula is C11H10N4O3S. The lowest BCUT2D eigenvalue weighted by Gasteiger charge is -2.03. The van der Waals surface area contributed by atoms with Crippen LogP contribution in [0.25, 0.3) is 10.8 Å². The molecule has 0 aromatic carbocycles. The van der Waals surface area contributed by atoms with E-state index in [-0.39, 0.29) is 0 Å². The summed E-state index contributed by atoms with van der Waals surface area (Å²) in [5.74, 6) is 0.511. The molecule has 3 aromatic rings. The van der Waals surface area contributed by atoms with Crippen molar-refractivity contribution in [1.82, 2.24) is 20.0 Å². The first-order valence-corrected chi connectivity index (χ1v) is 6.46. The van der Waals surface area contributed by atoms with Crippen molar-refractivity contribution in [3.63, 3.8) is 0 Å². The number of thiophene rings is 1. The molecular weight excluding hydrogens is 268 g/mol. The van der Waals surface area contributed by atoms with Gasteiger partial charge >= 0.3 is 5.76 Å². The van der Waals surface area contributed by atoms with Gasteiger partial charge < -0.3 is 8.83 Å². The minimum Gasteiger partial charge on any atom is -0.423 e. The SMILES string of the molecule is Cc1nnc([C@@H](C)n2nc(-c3cccs3)oc2=O)o1. The lowest BCUT2D eigenvalue weighted by atomic mass is 10.3. The first kappa shape index (κ1) is 11.8. The van der Waals surface area contributed by atoms with E-state index in [2.05, 4.69) is 15.3 Å². The Hall–Kier alpha value is -2.22. The number of hydrogen-bond donors (Lipinski definition) is 0. The highest BCUT2D eigenvalue weighted by Gasteiger charge is 2.21. The van der Waals surface area contributed by atoms with E-state index in [4.69, 9.17) is 8.83 Å². The Kier molecular flexibility index (Phi) is 2.79. The standard InChI is InChI=1S/C11H10N4O3S/c1-6(9-13-12-7(2)17-9)15-11(16)18-10(14-15)8-4-3-5-19-8/h3-6H,1-2H3/t6-/m1/s1. The Morgan fingerprint density at radius 1 is 1.37 bits per heavy atom. The normalized spacial score (nSPS) is 12.7. The maximum Gasteiger partial charge on any atom is 0.438 e. The third-order valence-corrected chi connectivity index (χ3v) is 3.43. The Balaban J connectivity index is 2.00. The summed E-state index contributed by atoms with van der Waals surface area (Å²) in [6, 6.07) is 3.23. The molecule has 0 N–H and O–H groups in total. The predicted octanol–water partition coefficient (Wildman–Crippen LogP) is 1.87. The van der Waals surface area contributed by atoms with Crippen molar-refractivity contribution in [2.75, 3.05) is 0 Å². The van der Waals surface area contributed by atoms with Gasteiger partial charge in [0.2, 0.25) is 11.8 Å². The lowest BCUT2D eigenvalue weighted by molar-refractivity contribution is 0.377. The van der Waals surface area contributed by atoms with Gasteiger partial charge in [0, 0.05) is 6.92 Å². The zero-order valence-corrected chi connectivity index (χ0v) is 11.0. The van der Waals surface area contributed by atoms with Crippen LogP contribution in [0.2, 0.25) is 0 Å². The third kappa shape index (κ3) is 2.10. The van der Waals surface area contributed by atoms with Crippen molar-refractivity contribution >= 4 is 11.3 Å². The third-order valence-electron chi connectivity index (χ3n) is 2.57. The number of nitrogens with zero attached hydrogens (tertiary/aromatic N) is 4. The summed E-state index contributed by atoms with van der Waals surface area (Å²) >= 11 is 1.45. The van der Waals surface area contributed by atoms with E-state index in [1.807, 2.05) is 17.5 Å². The van der Waals surface area contributed by atoms with Crippen molar-refractivity contribution in [2.24, 2.45) is 0 Å². The van der Waals surface area contributed by atoms with Gasteiger partial charge in [0.05, 0.1) is 4.88 Å². The molecule has 3 rings (SSSR count). The highest BCUT2D eigenvalue weighted by molar-refractivity contribution is 7.13. The summed E-state index contributed by atoms with van der Waals surface area (Å²) in [6.45, 7) is 3.43. The molecule has 1 atom stereocenters. The molecule has 98 valence electrons. The maximum atomic E-state index is 11.8. The first-order chi connectivity index (χ1) is 9.15. The van der Waals surface area contributed by atoms with Crippen LogP contribution >= 0.6 is 11.3 Å². The van der Waals surface area contributed by atoms with Crippen LogP contribution in [0, 0.1) is 6.92 Å². The summed E-state index contributed by atoms with van der Waals surface area (Å²) in [5, 5.41) is 13.7. The van der Waals surface area contributed by atoms with Gasteiger partial charge in [0.25, 0.3) is 5.89 Å². The van der Waals surface area contributed by atoms with Crippen molar-refractivity contribution < 1.29 is 8.83 Å². The fourth-order valence-corrected chi connectivity index (χ4v) is 2.26. The molecule has 0 saturated carbocycles. The second-order valence-electron chi connectivity index (χ2n) is 3.93. The summed E-state index contributed by atoms with van der Waals surface area (Å²) < 4.78 is 11.6. The summed E-state index contributed by atoms with van der Waals surface area (Å²) in [5.41, 5.74) is 0. The second-order valence-corrected chi connectivity index (χ2v) is 4.88. The first-order valence-electron chi connectivity index (χ1n) is 5.58. The molecule has 0 amide bonds. The molecule has 0 aliphatic heterocycles. The number of aryl methyl sites for hydroxylation is 1. The van der Waals surface area contributed by atoms with E-state index in [1.165, 1.54) is 16.0 Å². The zero-order valence-electron chi connectivity index (χ0n) is 10.2. The van der Waals surface area contributed by atoms with Crippen LogP contribution in [0.1, 0.15) is 24.7 Å².